The van der Waals surface area contributed by atoms with Crippen LogP contribution in [-0.4, -0.2) is 53.4 Å². The summed E-state index contributed by atoms with van der Waals surface area (Å²) in [4.78, 5) is 9.36. The third kappa shape index (κ3) is 7.56. The molecule has 0 amide bonds. The Morgan fingerprint density at radius 1 is 0.545 bits per heavy atom. The highest BCUT2D eigenvalue weighted by Crippen LogP contribution is 2.42. The summed E-state index contributed by atoms with van der Waals surface area (Å²) in [5.41, 5.74) is 0. The van der Waals surface area contributed by atoms with Crippen LogP contribution in [0, 0.1) is 0 Å². The van der Waals surface area contributed by atoms with Gasteiger partial charge in [0.1, 0.15) is 0 Å². The molecule has 0 radical (unpaired) electrons. The van der Waals surface area contributed by atoms with E-state index in [-0.39, 0.29) is 0 Å². The second-order valence-electron chi connectivity index (χ2n) is 7.15. The Morgan fingerprint density at radius 2 is 1.06 bits per heavy atom. The van der Waals surface area contributed by atoms with Crippen molar-refractivity contribution in [3.63, 3.8) is 0 Å². The van der Waals surface area contributed by atoms with E-state index in [1.54, 1.807) is 18.4 Å². The molecule has 0 atom stereocenters. The molecule has 0 spiro atoms. The molecular formula is C25H28O4S4. The van der Waals surface area contributed by atoms with E-state index in [1.807, 2.05) is 34.0 Å². The first-order valence-corrected chi connectivity index (χ1v) is 14.2. The Hall–Kier alpha value is -1.36. The van der Waals surface area contributed by atoms with Crippen LogP contribution in [0.3, 0.4) is 0 Å². The monoisotopic (exact) mass is 520 g/mol. The van der Waals surface area contributed by atoms with Gasteiger partial charge in [-0.25, -0.2) is 0 Å². The quantitative estimate of drug-likeness (QED) is 0.156. The van der Waals surface area contributed by atoms with E-state index in [2.05, 4.69) is 53.9 Å². The molecule has 0 N–H and O–H groups in total. The molecular weight excluding hydrogens is 493 g/mol. The maximum atomic E-state index is 5.72. The molecule has 4 aromatic heterocycles. The molecule has 0 aromatic carbocycles. The third-order valence-corrected chi connectivity index (χ3v) is 9.56. The standard InChI is InChI=1S/C25H28O4S4/c1-26-12-13-28-16-17-29-15-14-27-11-10-19-4-5-22(31-19)23-8-9-25(33-23)24-7-6-21(32-24)20-3-2-18-30-20/h2-9,18H,10-17H2,1H3. The molecule has 8 heteroatoms. The van der Waals surface area contributed by atoms with Gasteiger partial charge in [-0.1, -0.05) is 6.07 Å². The van der Waals surface area contributed by atoms with Gasteiger partial charge in [-0.15, -0.1) is 45.3 Å². The van der Waals surface area contributed by atoms with Gasteiger partial charge in [0.15, 0.2) is 0 Å². The number of ether oxygens (including phenoxy) is 4. The first-order valence-electron chi connectivity index (χ1n) is 10.9. The Morgan fingerprint density at radius 3 is 1.64 bits per heavy atom. The van der Waals surface area contributed by atoms with Crippen LogP contribution in [-0.2, 0) is 25.4 Å². The summed E-state index contributed by atoms with van der Waals surface area (Å²) < 4.78 is 21.5. The summed E-state index contributed by atoms with van der Waals surface area (Å²) in [6, 6.07) is 17.7. The SMILES string of the molecule is COCCOCCOCCOCCc1ccc(-c2ccc(-c3ccc(-c4cccs4)s3)s2)s1. The van der Waals surface area contributed by atoms with Crippen molar-refractivity contribution in [2.75, 3.05) is 53.4 Å². The zero-order valence-electron chi connectivity index (χ0n) is 18.6. The lowest BCUT2D eigenvalue weighted by Crippen LogP contribution is -2.11. The fraction of sp³-hybridized carbons (Fsp3) is 0.360. The molecule has 4 nitrogen and oxygen atoms in total. The van der Waals surface area contributed by atoms with Gasteiger partial charge >= 0.3 is 0 Å². The van der Waals surface area contributed by atoms with Crippen LogP contribution in [0.5, 0.6) is 0 Å². The van der Waals surface area contributed by atoms with Gasteiger partial charge in [-0.2, -0.15) is 0 Å². The molecule has 0 saturated carbocycles. The van der Waals surface area contributed by atoms with Crippen LogP contribution in [0.4, 0.5) is 0 Å². The van der Waals surface area contributed by atoms with Crippen LogP contribution < -0.4 is 0 Å². The summed E-state index contributed by atoms with van der Waals surface area (Å²) in [5, 5.41) is 2.13. The second-order valence-corrected chi connectivity index (χ2v) is 11.4. The Balaban J connectivity index is 1.17. The predicted molar refractivity (Wildman–Crippen MR) is 142 cm³/mol. The van der Waals surface area contributed by atoms with Crippen LogP contribution >= 0.6 is 45.3 Å². The topological polar surface area (TPSA) is 36.9 Å². The molecule has 0 unspecified atom stereocenters. The largest absolute Gasteiger partial charge is 0.382 e. The molecule has 0 bridgehead atoms. The zero-order chi connectivity index (χ0) is 22.7. The molecule has 0 saturated heterocycles. The summed E-state index contributed by atoms with van der Waals surface area (Å²) in [6.45, 7) is 4.32. The van der Waals surface area contributed by atoms with Crippen LogP contribution in [0.25, 0.3) is 29.3 Å². The van der Waals surface area contributed by atoms with E-state index in [9.17, 15) is 0 Å². The van der Waals surface area contributed by atoms with Crippen molar-refractivity contribution in [2.24, 2.45) is 0 Å². The van der Waals surface area contributed by atoms with Gasteiger partial charge < -0.3 is 18.9 Å². The fourth-order valence-corrected chi connectivity index (χ4v) is 7.14. The van der Waals surface area contributed by atoms with Crippen molar-refractivity contribution in [3.05, 3.63) is 58.8 Å². The van der Waals surface area contributed by atoms with Crippen molar-refractivity contribution < 1.29 is 18.9 Å². The molecule has 0 aliphatic rings. The van der Waals surface area contributed by atoms with Crippen molar-refractivity contribution in [3.8, 4) is 29.3 Å². The summed E-state index contributed by atoms with van der Waals surface area (Å²) in [7, 11) is 1.67. The van der Waals surface area contributed by atoms with Gasteiger partial charge in [0.25, 0.3) is 0 Å². The normalized spacial score (nSPS) is 11.4. The fourth-order valence-electron chi connectivity index (χ4n) is 3.13. The number of thiophene rings is 4. The highest BCUT2D eigenvalue weighted by atomic mass is 32.1. The minimum atomic E-state index is 0.588. The van der Waals surface area contributed by atoms with Gasteiger partial charge in [0, 0.05) is 47.7 Å². The Labute approximate surface area is 211 Å². The highest BCUT2D eigenvalue weighted by Gasteiger charge is 2.11. The van der Waals surface area contributed by atoms with Crippen LogP contribution in [0.1, 0.15) is 4.88 Å². The molecule has 4 aromatic rings. The molecule has 0 fully saturated rings. The predicted octanol–water partition coefficient (Wildman–Crippen LogP) is 7.17. The number of hydrogen-bond acceptors (Lipinski definition) is 8. The van der Waals surface area contributed by atoms with Crippen molar-refractivity contribution >= 4 is 45.3 Å². The van der Waals surface area contributed by atoms with E-state index < -0.39 is 0 Å². The minimum absolute atomic E-state index is 0.588. The van der Waals surface area contributed by atoms with E-state index in [0.717, 1.165) is 6.42 Å². The van der Waals surface area contributed by atoms with E-state index >= 15 is 0 Å². The molecule has 0 aliphatic carbocycles. The zero-order valence-corrected chi connectivity index (χ0v) is 21.9. The summed E-state index contributed by atoms with van der Waals surface area (Å²) >= 11 is 7.39. The average molecular weight is 521 g/mol. The van der Waals surface area contributed by atoms with Crippen molar-refractivity contribution in [1.29, 1.82) is 0 Å². The number of methoxy groups -OCH3 is 1. The summed E-state index contributed by atoms with van der Waals surface area (Å²) in [5.74, 6) is 0. The number of hydrogen-bond donors (Lipinski definition) is 0. The Kier molecular flexibility index (Phi) is 10.1. The maximum absolute atomic E-state index is 5.72. The Bertz CT molecular complexity index is 1060. The molecule has 0 aliphatic heterocycles. The first kappa shape index (κ1) is 24.8. The molecule has 33 heavy (non-hydrogen) atoms. The van der Waals surface area contributed by atoms with Gasteiger partial charge in [0.05, 0.1) is 46.2 Å². The van der Waals surface area contributed by atoms with Crippen molar-refractivity contribution in [2.45, 2.75) is 6.42 Å². The summed E-state index contributed by atoms with van der Waals surface area (Å²) in [6.07, 6.45) is 0.929. The second kappa shape index (κ2) is 13.5. The lowest BCUT2D eigenvalue weighted by molar-refractivity contribution is 0.00412. The van der Waals surface area contributed by atoms with Crippen LogP contribution in [0.15, 0.2) is 53.9 Å². The lowest BCUT2D eigenvalue weighted by atomic mass is 10.3. The number of rotatable bonds is 15. The molecule has 176 valence electrons. The van der Waals surface area contributed by atoms with Gasteiger partial charge in [-0.05, 0) is 47.8 Å². The van der Waals surface area contributed by atoms with Crippen molar-refractivity contribution in [1.82, 2.24) is 0 Å². The first-order chi connectivity index (χ1) is 16.3. The third-order valence-electron chi connectivity index (χ3n) is 4.79. The lowest BCUT2D eigenvalue weighted by Gasteiger charge is -2.06. The van der Waals surface area contributed by atoms with E-state index in [4.69, 9.17) is 18.9 Å². The van der Waals surface area contributed by atoms with Gasteiger partial charge in [0.2, 0.25) is 0 Å². The van der Waals surface area contributed by atoms with E-state index in [0.29, 0.717) is 46.2 Å². The highest BCUT2D eigenvalue weighted by molar-refractivity contribution is 7.28. The molecule has 4 heterocycles. The maximum Gasteiger partial charge on any atom is 0.0701 e. The van der Waals surface area contributed by atoms with Crippen LogP contribution in [0.2, 0.25) is 0 Å². The smallest absolute Gasteiger partial charge is 0.0701 e. The van der Waals surface area contributed by atoms with Gasteiger partial charge in [-0.3, -0.25) is 0 Å². The molecule has 4 rings (SSSR count). The minimum Gasteiger partial charge on any atom is -0.382 e. The average Bonchev–Trinajstić information content (AvgIpc) is 3.63. The van der Waals surface area contributed by atoms with E-state index in [1.165, 1.54) is 34.1 Å².